The molecule has 92 valence electrons. The number of halogens is 3. The Kier molecular flexibility index (Phi) is 9.88. The Morgan fingerprint density at radius 2 is 1.73 bits per heavy atom. The molecule has 0 spiro atoms. The minimum absolute atomic E-state index is 0.160. The van der Waals surface area contributed by atoms with Gasteiger partial charge in [-0.05, 0) is 26.9 Å². The quantitative estimate of drug-likeness (QED) is 0.642. The van der Waals surface area contributed by atoms with Gasteiger partial charge in [-0.25, -0.2) is 0 Å². The van der Waals surface area contributed by atoms with Crippen molar-refractivity contribution in [3.8, 4) is 0 Å². The zero-order chi connectivity index (χ0) is 12.5. The van der Waals surface area contributed by atoms with E-state index in [0.29, 0.717) is 13.1 Å². The molecule has 0 atom stereocenters. The van der Waals surface area contributed by atoms with Gasteiger partial charge in [0.05, 0.1) is 0 Å². The lowest BCUT2D eigenvalue weighted by molar-refractivity contribution is -0.136. The third-order valence-electron chi connectivity index (χ3n) is 1.54. The SMILES string of the molecule is C=C(C)CN(C)CCCC(F)(F)F.CC. The van der Waals surface area contributed by atoms with Gasteiger partial charge in [0.25, 0.3) is 0 Å². The molecule has 4 heteroatoms. The second kappa shape index (κ2) is 8.77. The second-order valence-corrected chi connectivity index (χ2v) is 3.41. The van der Waals surface area contributed by atoms with Gasteiger partial charge in [-0.3, -0.25) is 0 Å². The maximum Gasteiger partial charge on any atom is 0.389 e. The summed E-state index contributed by atoms with van der Waals surface area (Å²) in [5.41, 5.74) is 0.967. The second-order valence-electron chi connectivity index (χ2n) is 3.41. The zero-order valence-corrected chi connectivity index (χ0v) is 10.1. The van der Waals surface area contributed by atoms with Crippen molar-refractivity contribution in [1.29, 1.82) is 0 Å². The molecule has 0 aromatic rings. The van der Waals surface area contributed by atoms with E-state index in [1.54, 1.807) is 7.05 Å². The molecule has 0 aliphatic carbocycles. The Morgan fingerprint density at radius 3 is 2.07 bits per heavy atom. The highest BCUT2D eigenvalue weighted by Gasteiger charge is 2.26. The summed E-state index contributed by atoms with van der Waals surface area (Å²) < 4.78 is 35.2. The van der Waals surface area contributed by atoms with E-state index in [-0.39, 0.29) is 6.42 Å². The maximum atomic E-state index is 11.7. The predicted molar refractivity (Wildman–Crippen MR) is 58.9 cm³/mol. The first-order chi connectivity index (χ1) is 6.81. The summed E-state index contributed by atoms with van der Waals surface area (Å²) in [7, 11) is 1.80. The Hall–Kier alpha value is -0.510. The van der Waals surface area contributed by atoms with E-state index in [2.05, 4.69) is 6.58 Å². The predicted octanol–water partition coefficient (Wildman–Crippen LogP) is 3.86. The molecular formula is C11H22F3N. The van der Waals surface area contributed by atoms with Crippen LogP contribution in [0.3, 0.4) is 0 Å². The Morgan fingerprint density at radius 1 is 1.27 bits per heavy atom. The molecule has 0 heterocycles. The van der Waals surface area contributed by atoms with Gasteiger partial charge in [0, 0.05) is 13.0 Å². The van der Waals surface area contributed by atoms with Gasteiger partial charge < -0.3 is 4.90 Å². The van der Waals surface area contributed by atoms with Crippen LogP contribution < -0.4 is 0 Å². The van der Waals surface area contributed by atoms with Gasteiger partial charge in [-0.1, -0.05) is 26.0 Å². The summed E-state index contributed by atoms with van der Waals surface area (Å²) >= 11 is 0. The lowest BCUT2D eigenvalue weighted by atomic mass is 10.2. The average Bonchev–Trinajstić information content (AvgIpc) is 2.03. The molecule has 0 aliphatic rings. The third kappa shape index (κ3) is 16.2. The van der Waals surface area contributed by atoms with Gasteiger partial charge in [-0.2, -0.15) is 13.2 Å². The fraction of sp³-hybridized carbons (Fsp3) is 0.818. The molecule has 0 amide bonds. The first kappa shape index (κ1) is 16.9. The van der Waals surface area contributed by atoms with Gasteiger partial charge in [0.15, 0.2) is 0 Å². The van der Waals surface area contributed by atoms with E-state index in [1.807, 2.05) is 25.7 Å². The van der Waals surface area contributed by atoms with Crippen LogP contribution in [0.1, 0.15) is 33.6 Å². The lowest BCUT2D eigenvalue weighted by Gasteiger charge is -2.16. The van der Waals surface area contributed by atoms with Crippen LogP contribution in [0.15, 0.2) is 12.2 Å². The molecule has 0 fully saturated rings. The number of hydrogen-bond acceptors (Lipinski definition) is 1. The van der Waals surface area contributed by atoms with Gasteiger partial charge in [-0.15, -0.1) is 0 Å². The monoisotopic (exact) mass is 225 g/mol. The van der Waals surface area contributed by atoms with Crippen molar-refractivity contribution in [2.75, 3.05) is 20.1 Å². The largest absolute Gasteiger partial charge is 0.389 e. The van der Waals surface area contributed by atoms with Crippen LogP contribution in [0.4, 0.5) is 13.2 Å². The molecule has 0 bridgehead atoms. The summed E-state index contributed by atoms with van der Waals surface area (Å²) in [6.45, 7) is 10.7. The summed E-state index contributed by atoms with van der Waals surface area (Å²) in [5.74, 6) is 0. The summed E-state index contributed by atoms with van der Waals surface area (Å²) in [4.78, 5) is 1.84. The molecule has 0 N–H and O–H groups in total. The molecule has 1 nitrogen and oxygen atoms in total. The van der Waals surface area contributed by atoms with Crippen molar-refractivity contribution in [3.63, 3.8) is 0 Å². The van der Waals surface area contributed by atoms with Crippen LogP contribution in [-0.4, -0.2) is 31.2 Å². The Balaban J connectivity index is 0. The number of alkyl halides is 3. The topological polar surface area (TPSA) is 3.24 Å². The number of likely N-dealkylation sites (N-methyl/N-ethyl adjacent to an activating group) is 1. The first-order valence-electron chi connectivity index (χ1n) is 5.21. The number of nitrogens with zero attached hydrogens (tertiary/aromatic N) is 1. The van der Waals surface area contributed by atoms with E-state index in [4.69, 9.17) is 0 Å². The van der Waals surface area contributed by atoms with Gasteiger partial charge in [0.2, 0.25) is 0 Å². The minimum Gasteiger partial charge on any atom is -0.302 e. The van der Waals surface area contributed by atoms with Crippen LogP contribution >= 0.6 is 0 Å². The van der Waals surface area contributed by atoms with Crippen molar-refractivity contribution in [2.45, 2.75) is 39.8 Å². The molecule has 0 unspecified atom stereocenters. The highest BCUT2D eigenvalue weighted by molar-refractivity contribution is 4.90. The van der Waals surface area contributed by atoms with Crippen molar-refractivity contribution >= 4 is 0 Å². The molecular weight excluding hydrogens is 203 g/mol. The Bertz CT molecular complexity index is 164. The average molecular weight is 225 g/mol. The summed E-state index contributed by atoms with van der Waals surface area (Å²) in [6.07, 6.45) is -4.56. The first-order valence-corrected chi connectivity index (χ1v) is 5.21. The van der Waals surface area contributed by atoms with E-state index in [9.17, 15) is 13.2 Å². The zero-order valence-electron chi connectivity index (χ0n) is 10.1. The third-order valence-corrected chi connectivity index (χ3v) is 1.54. The molecule has 0 saturated carbocycles. The maximum absolute atomic E-state index is 11.7. The van der Waals surface area contributed by atoms with Gasteiger partial charge >= 0.3 is 6.18 Å². The molecule has 0 radical (unpaired) electrons. The highest BCUT2D eigenvalue weighted by atomic mass is 19.4. The van der Waals surface area contributed by atoms with Crippen LogP contribution in [-0.2, 0) is 0 Å². The summed E-state index contributed by atoms with van der Waals surface area (Å²) in [5, 5.41) is 0. The number of rotatable bonds is 5. The van der Waals surface area contributed by atoms with Crippen LogP contribution in [0.2, 0.25) is 0 Å². The molecule has 0 rings (SSSR count). The highest BCUT2D eigenvalue weighted by Crippen LogP contribution is 2.21. The fourth-order valence-corrected chi connectivity index (χ4v) is 1.09. The van der Waals surface area contributed by atoms with Gasteiger partial charge in [0.1, 0.15) is 0 Å². The van der Waals surface area contributed by atoms with Crippen molar-refractivity contribution < 1.29 is 13.2 Å². The smallest absolute Gasteiger partial charge is 0.302 e. The molecule has 0 saturated heterocycles. The van der Waals surface area contributed by atoms with Crippen molar-refractivity contribution in [1.82, 2.24) is 4.90 Å². The van der Waals surface area contributed by atoms with Crippen LogP contribution in [0, 0.1) is 0 Å². The minimum atomic E-state index is -4.02. The van der Waals surface area contributed by atoms with Crippen molar-refractivity contribution in [2.24, 2.45) is 0 Å². The molecule has 0 aromatic carbocycles. The van der Waals surface area contributed by atoms with E-state index < -0.39 is 12.6 Å². The van der Waals surface area contributed by atoms with E-state index in [0.717, 1.165) is 5.57 Å². The van der Waals surface area contributed by atoms with E-state index in [1.165, 1.54) is 0 Å². The number of hydrogen-bond donors (Lipinski definition) is 0. The van der Waals surface area contributed by atoms with Crippen molar-refractivity contribution in [3.05, 3.63) is 12.2 Å². The fourth-order valence-electron chi connectivity index (χ4n) is 1.09. The molecule has 0 aromatic heterocycles. The lowest BCUT2D eigenvalue weighted by Crippen LogP contribution is -2.22. The van der Waals surface area contributed by atoms with Crippen LogP contribution in [0.25, 0.3) is 0 Å². The summed E-state index contributed by atoms with van der Waals surface area (Å²) in [6, 6.07) is 0. The molecule has 0 aliphatic heterocycles. The standard InChI is InChI=1S/C9H16F3N.C2H6/c1-8(2)7-13(3)6-4-5-9(10,11)12;1-2/h1,4-7H2,2-3H3;1-2H3. The Labute approximate surface area is 91.0 Å². The van der Waals surface area contributed by atoms with E-state index >= 15 is 0 Å². The normalized spacial score (nSPS) is 10.9. The molecule has 15 heavy (non-hydrogen) atoms. The van der Waals surface area contributed by atoms with Crippen LogP contribution in [0.5, 0.6) is 0 Å².